The van der Waals surface area contributed by atoms with Crippen LogP contribution in [0, 0.1) is 6.92 Å². The highest BCUT2D eigenvalue weighted by molar-refractivity contribution is 5.79. The van der Waals surface area contributed by atoms with E-state index in [0.717, 1.165) is 11.3 Å². The van der Waals surface area contributed by atoms with Crippen LogP contribution in [0.25, 0.3) is 0 Å². The first-order valence-electron chi connectivity index (χ1n) is 9.74. The molecule has 166 valence electrons. The monoisotopic (exact) mass is 426 g/mol. The molecule has 0 spiro atoms. The van der Waals surface area contributed by atoms with Crippen LogP contribution in [0.3, 0.4) is 0 Å². The minimum Gasteiger partial charge on any atom is -0.484 e. The second-order valence-corrected chi connectivity index (χ2v) is 7.93. The van der Waals surface area contributed by atoms with Gasteiger partial charge in [0.05, 0.1) is 19.3 Å². The van der Waals surface area contributed by atoms with Gasteiger partial charge in [0.15, 0.2) is 12.6 Å². The fraction of sp³-hybridized carbons (Fsp3) is 0.524. The Kier molecular flexibility index (Phi) is 7.75. The molecule has 30 heavy (non-hydrogen) atoms. The summed E-state index contributed by atoms with van der Waals surface area (Å²) < 4.78 is 48.3. The second kappa shape index (κ2) is 9.86. The molecule has 6 nitrogen and oxygen atoms in total. The number of aliphatic imine (C=N–C) groups is 1. The zero-order chi connectivity index (χ0) is 22.4. The maximum atomic E-state index is 12.5. The number of guanidine groups is 1. The van der Waals surface area contributed by atoms with E-state index in [1.54, 1.807) is 25.3 Å². The summed E-state index contributed by atoms with van der Waals surface area (Å²) in [6.45, 7) is 9.59. The zero-order valence-corrected chi connectivity index (χ0v) is 18.0. The van der Waals surface area contributed by atoms with E-state index in [1.807, 2.05) is 33.8 Å². The third-order valence-corrected chi connectivity index (χ3v) is 4.07. The number of aromatic nitrogens is 1. The molecule has 0 atom stereocenters. The van der Waals surface area contributed by atoms with Crippen molar-refractivity contribution in [2.75, 3.05) is 13.2 Å². The number of halogens is 3. The van der Waals surface area contributed by atoms with Crippen molar-refractivity contribution in [3.8, 4) is 5.75 Å². The summed E-state index contributed by atoms with van der Waals surface area (Å²) in [5.41, 5.74) is 1.24. The molecule has 0 saturated carbocycles. The highest BCUT2D eigenvalue weighted by Gasteiger charge is 2.28. The Bertz CT molecular complexity index is 855. The van der Waals surface area contributed by atoms with Crippen LogP contribution in [0.2, 0.25) is 0 Å². The topological polar surface area (TPSA) is 71.7 Å². The van der Waals surface area contributed by atoms with Crippen molar-refractivity contribution < 1.29 is 22.3 Å². The predicted octanol–water partition coefficient (Wildman–Crippen LogP) is 4.48. The number of rotatable bonds is 7. The van der Waals surface area contributed by atoms with Crippen LogP contribution >= 0.6 is 0 Å². The second-order valence-electron chi connectivity index (χ2n) is 7.93. The van der Waals surface area contributed by atoms with E-state index in [1.165, 1.54) is 0 Å². The molecule has 0 aliphatic carbocycles. The van der Waals surface area contributed by atoms with Crippen LogP contribution in [0.5, 0.6) is 5.75 Å². The van der Waals surface area contributed by atoms with Crippen LogP contribution in [-0.4, -0.2) is 30.3 Å². The molecule has 1 heterocycles. The first kappa shape index (κ1) is 23.6. The van der Waals surface area contributed by atoms with Crippen molar-refractivity contribution in [1.82, 2.24) is 15.6 Å². The van der Waals surface area contributed by atoms with Crippen LogP contribution in [0.15, 0.2) is 33.8 Å². The Morgan fingerprint density at radius 2 is 1.93 bits per heavy atom. The molecule has 0 unspecified atom stereocenters. The van der Waals surface area contributed by atoms with Crippen molar-refractivity contribution in [1.29, 1.82) is 0 Å². The largest absolute Gasteiger partial charge is 0.484 e. The highest BCUT2D eigenvalue weighted by atomic mass is 19.4. The minimum absolute atomic E-state index is 0.137. The maximum Gasteiger partial charge on any atom is 0.422 e. The van der Waals surface area contributed by atoms with Gasteiger partial charge < -0.3 is 19.8 Å². The van der Waals surface area contributed by atoms with Crippen molar-refractivity contribution in [3.63, 3.8) is 0 Å². The summed E-state index contributed by atoms with van der Waals surface area (Å²) in [6, 6.07) is 5.11. The first-order valence-corrected chi connectivity index (χ1v) is 9.74. The first-order chi connectivity index (χ1) is 14.0. The summed E-state index contributed by atoms with van der Waals surface area (Å²) >= 11 is 0. The summed E-state index contributed by atoms with van der Waals surface area (Å²) in [4.78, 5) is 8.72. The average molecular weight is 426 g/mol. The summed E-state index contributed by atoms with van der Waals surface area (Å²) in [5, 5.41) is 6.22. The Hall–Kier alpha value is -2.71. The molecular weight excluding hydrogens is 397 g/mol. The Balaban J connectivity index is 2.08. The lowest BCUT2D eigenvalue weighted by Crippen LogP contribution is -2.36. The molecule has 0 fully saturated rings. The molecule has 0 radical (unpaired) electrons. The van der Waals surface area contributed by atoms with Gasteiger partial charge in [-0.25, -0.2) is 9.98 Å². The molecule has 2 N–H and O–H groups in total. The van der Waals surface area contributed by atoms with E-state index in [0.29, 0.717) is 30.5 Å². The summed E-state index contributed by atoms with van der Waals surface area (Å²) in [7, 11) is 0. The molecule has 9 heteroatoms. The van der Waals surface area contributed by atoms with Gasteiger partial charge in [0.2, 0.25) is 5.89 Å². The van der Waals surface area contributed by atoms with Crippen molar-refractivity contribution in [2.24, 2.45) is 4.99 Å². The van der Waals surface area contributed by atoms with Gasteiger partial charge in [0.1, 0.15) is 11.5 Å². The third kappa shape index (κ3) is 7.61. The van der Waals surface area contributed by atoms with E-state index in [-0.39, 0.29) is 17.7 Å². The molecule has 0 bridgehead atoms. The molecule has 0 aliphatic heterocycles. The Morgan fingerprint density at radius 3 is 2.53 bits per heavy atom. The highest BCUT2D eigenvalue weighted by Crippen LogP contribution is 2.25. The minimum atomic E-state index is -4.40. The van der Waals surface area contributed by atoms with Gasteiger partial charge in [-0.15, -0.1) is 0 Å². The fourth-order valence-electron chi connectivity index (χ4n) is 2.49. The van der Waals surface area contributed by atoms with Gasteiger partial charge in [-0.2, -0.15) is 13.2 Å². The quantitative estimate of drug-likeness (QED) is 0.505. The smallest absolute Gasteiger partial charge is 0.422 e. The lowest BCUT2D eigenvalue weighted by molar-refractivity contribution is -0.153. The van der Waals surface area contributed by atoms with Crippen LogP contribution < -0.4 is 15.4 Å². The van der Waals surface area contributed by atoms with Crippen LogP contribution in [0.4, 0.5) is 13.2 Å². The van der Waals surface area contributed by atoms with Gasteiger partial charge in [-0.05, 0) is 25.5 Å². The molecule has 0 amide bonds. The molecule has 1 aromatic carbocycles. The lowest BCUT2D eigenvalue weighted by Gasteiger charge is -2.14. The maximum absolute atomic E-state index is 12.5. The Labute approximate surface area is 174 Å². The third-order valence-electron chi connectivity index (χ3n) is 4.07. The normalized spacial score (nSPS) is 12.7. The number of nitrogens with one attached hydrogen (secondary N) is 2. The number of oxazole rings is 1. The van der Waals surface area contributed by atoms with Crippen molar-refractivity contribution in [2.45, 2.75) is 59.3 Å². The zero-order valence-electron chi connectivity index (χ0n) is 18.0. The number of alkyl halides is 3. The number of nitrogens with zero attached hydrogens (tertiary/aromatic N) is 2. The fourth-order valence-corrected chi connectivity index (χ4v) is 2.49. The van der Waals surface area contributed by atoms with E-state index in [4.69, 9.17) is 9.15 Å². The summed E-state index contributed by atoms with van der Waals surface area (Å²) in [6.07, 6.45) is -2.69. The number of aryl methyl sites for hydroxylation is 1. The number of benzene rings is 1. The molecule has 0 aliphatic rings. The van der Waals surface area contributed by atoms with Gasteiger partial charge in [-0.1, -0.05) is 32.9 Å². The van der Waals surface area contributed by atoms with Crippen molar-refractivity contribution >= 4 is 5.96 Å². The number of ether oxygens (including phenoxy) is 1. The van der Waals surface area contributed by atoms with Gasteiger partial charge >= 0.3 is 6.18 Å². The van der Waals surface area contributed by atoms with E-state index in [2.05, 4.69) is 20.6 Å². The number of hydrogen-bond donors (Lipinski definition) is 2. The van der Waals surface area contributed by atoms with Gasteiger partial charge in [0, 0.05) is 17.5 Å². The Morgan fingerprint density at radius 1 is 1.20 bits per heavy atom. The lowest BCUT2D eigenvalue weighted by atomic mass is 9.94. The van der Waals surface area contributed by atoms with Gasteiger partial charge in [0.25, 0.3) is 0 Å². The molecule has 2 rings (SSSR count). The molecule has 1 aromatic heterocycles. The molecule has 0 saturated heterocycles. The van der Waals surface area contributed by atoms with E-state index >= 15 is 0 Å². The average Bonchev–Trinajstić information content (AvgIpc) is 3.12. The predicted molar refractivity (Wildman–Crippen MR) is 110 cm³/mol. The van der Waals surface area contributed by atoms with E-state index in [9.17, 15) is 13.2 Å². The van der Waals surface area contributed by atoms with E-state index < -0.39 is 12.8 Å². The van der Waals surface area contributed by atoms with Crippen LogP contribution in [-0.2, 0) is 18.5 Å². The standard InChI is InChI=1S/C21H29F3N4O2/c1-6-25-19(28-12-18-26-11-17(30-18)20(3,4)5)27-10-15-8-7-14(2)9-16(15)29-13-21(22,23)24/h7-9,11H,6,10,12-13H2,1-5H3,(H2,25,27,28). The van der Waals surface area contributed by atoms with Crippen molar-refractivity contribution in [3.05, 3.63) is 47.2 Å². The SMILES string of the molecule is CCNC(=NCc1ccc(C)cc1OCC(F)(F)F)NCc1ncc(C(C)(C)C)o1. The molecular formula is C21H29F3N4O2. The number of hydrogen-bond acceptors (Lipinski definition) is 4. The summed E-state index contributed by atoms with van der Waals surface area (Å²) in [5.74, 6) is 1.98. The van der Waals surface area contributed by atoms with Crippen LogP contribution in [0.1, 0.15) is 50.5 Å². The molecule has 2 aromatic rings. The van der Waals surface area contributed by atoms with Gasteiger partial charge in [-0.3, -0.25) is 0 Å².